The van der Waals surface area contributed by atoms with Crippen LogP contribution in [0.2, 0.25) is 0 Å². The molecular weight excluding hydrogens is 329 g/mol. The van der Waals surface area contributed by atoms with E-state index in [9.17, 15) is 4.39 Å². The number of benzene rings is 1. The molecule has 0 radical (unpaired) electrons. The van der Waals surface area contributed by atoms with E-state index in [1.165, 1.54) is 6.07 Å². The minimum Gasteiger partial charge on any atom is -0.379 e. The third-order valence-corrected chi connectivity index (χ3v) is 4.34. The summed E-state index contributed by atoms with van der Waals surface area (Å²) in [6, 6.07) is 5.01. The van der Waals surface area contributed by atoms with E-state index < -0.39 is 0 Å². The van der Waals surface area contributed by atoms with E-state index in [0.717, 1.165) is 22.0 Å². The number of aryl methyl sites for hydroxylation is 1. The molecule has 0 aliphatic carbocycles. The van der Waals surface area contributed by atoms with E-state index in [4.69, 9.17) is 0 Å². The normalized spacial score (nSPS) is 11.1. The Morgan fingerprint density at radius 3 is 3.11 bits per heavy atom. The summed E-state index contributed by atoms with van der Waals surface area (Å²) in [7, 11) is 0. The second-order valence-electron chi connectivity index (χ2n) is 4.18. The van der Waals surface area contributed by atoms with Crippen LogP contribution in [0.3, 0.4) is 0 Å². The van der Waals surface area contributed by atoms with Crippen LogP contribution in [0.4, 0.5) is 10.1 Å². The summed E-state index contributed by atoms with van der Waals surface area (Å²) in [4.78, 5) is 5.46. The molecule has 0 aliphatic rings. The first-order valence-corrected chi connectivity index (χ1v) is 7.42. The van der Waals surface area contributed by atoms with Crippen molar-refractivity contribution in [2.24, 2.45) is 0 Å². The van der Waals surface area contributed by atoms with Crippen molar-refractivity contribution in [1.82, 2.24) is 9.38 Å². The highest BCUT2D eigenvalue weighted by Crippen LogP contribution is 2.21. The molecule has 0 fully saturated rings. The summed E-state index contributed by atoms with van der Waals surface area (Å²) < 4.78 is 16.0. The van der Waals surface area contributed by atoms with Crippen molar-refractivity contribution < 1.29 is 4.39 Å². The third kappa shape index (κ3) is 2.37. The molecule has 0 spiro atoms. The molecule has 0 atom stereocenters. The van der Waals surface area contributed by atoms with Gasteiger partial charge >= 0.3 is 0 Å². The maximum atomic E-state index is 13.4. The number of hydrogen-bond acceptors (Lipinski definition) is 3. The lowest BCUT2D eigenvalue weighted by atomic mass is 10.3. The maximum Gasteiger partial charge on any atom is 0.194 e. The Labute approximate surface area is 122 Å². The van der Waals surface area contributed by atoms with Gasteiger partial charge in [0.2, 0.25) is 0 Å². The van der Waals surface area contributed by atoms with Gasteiger partial charge in [-0.15, -0.1) is 11.3 Å². The number of aromatic nitrogens is 2. The third-order valence-electron chi connectivity index (χ3n) is 2.94. The summed E-state index contributed by atoms with van der Waals surface area (Å²) >= 11 is 4.75. The summed E-state index contributed by atoms with van der Waals surface area (Å²) in [5.74, 6) is -0.268. The van der Waals surface area contributed by atoms with E-state index in [2.05, 4.69) is 30.6 Å². The van der Waals surface area contributed by atoms with Crippen molar-refractivity contribution in [3.63, 3.8) is 0 Å². The first-order valence-electron chi connectivity index (χ1n) is 5.75. The molecule has 0 saturated carbocycles. The predicted molar refractivity (Wildman–Crippen MR) is 79.2 cm³/mol. The predicted octanol–water partition coefficient (Wildman–Crippen LogP) is 4.22. The highest BCUT2D eigenvalue weighted by molar-refractivity contribution is 9.10. The van der Waals surface area contributed by atoms with Crippen molar-refractivity contribution in [1.29, 1.82) is 0 Å². The molecule has 3 nitrogen and oxygen atoms in total. The zero-order chi connectivity index (χ0) is 13.4. The number of halogens is 2. The van der Waals surface area contributed by atoms with Crippen LogP contribution in [0.1, 0.15) is 11.4 Å². The lowest BCUT2D eigenvalue weighted by Crippen LogP contribution is -2.03. The molecule has 98 valence electrons. The molecule has 1 aromatic carbocycles. The lowest BCUT2D eigenvalue weighted by Gasteiger charge is -2.07. The van der Waals surface area contributed by atoms with Gasteiger partial charge in [0.15, 0.2) is 4.96 Å². The average Bonchev–Trinajstić information content (AvgIpc) is 2.92. The van der Waals surface area contributed by atoms with Crippen LogP contribution in [0.25, 0.3) is 4.96 Å². The highest BCUT2D eigenvalue weighted by Gasteiger charge is 2.09. The van der Waals surface area contributed by atoms with E-state index in [1.54, 1.807) is 17.4 Å². The lowest BCUT2D eigenvalue weighted by molar-refractivity contribution is 0.621. The second-order valence-corrected chi connectivity index (χ2v) is 5.91. The van der Waals surface area contributed by atoms with Gasteiger partial charge < -0.3 is 5.32 Å². The quantitative estimate of drug-likeness (QED) is 0.774. The van der Waals surface area contributed by atoms with Crippen LogP contribution in [0, 0.1) is 12.7 Å². The number of imidazole rings is 1. The van der Waals surface area contributed by atoms with Crippen molar-refractivity contribution in [3.05, 3.63) is 51.5 Å². The molecule has 2 heterocycles. The van der Waals surface area contributed by atoms with Crippen molar-refractivity contribution in [2.75, 3.05) is 5.32 Å². The van der Waals surface area contributed by atoms with Crippen LogP contribution < -0.4 is 5.32 Å². The van der Waals surface area contributed by atoms with Crippen LogP contribution >= 0.6 is 27.3 Å². The van der Waals surface area contributed by atoms with E-state index >= 15 is 0 Å². The number of anilines is 1. The van der Waals surface area contributed by atoms with Gasteiger partial charge in [-0.3, -0.25) is 4.40 Å². The zero-order valence-corrected chi connectivity index (χ0v) is 12.6. The van der Waals surface area contributed by atoms with E-state index in [1.807, 2.05) is 24.6 Å². The van der Waals surface area contributed by atoms with Gasteiger partial charge in [-0.1, -0.05) is 0 Å². The Morgan fingerprint density at radius 1 is 1.47 bits per heavy atom. The van der Waals surface area contributed by atoms with Gasteiger partial charge in [0, 0.05) is 17.3 Å². The summed E-state index contributed by atoms with van der Waals surface area (Å²) in [5, 5.41) is 5.23. The molecule has 0 unspecified atom stereocenters. The van der Waals surface area contributed by atoms with E-state index in [0.29, 0.717) is 11.0 Å². The zero-order valence-electron chi connectivity index (χ0n) is 10.2. The molecule has 3 rings (SSSR count). The van der Waals surface area contributed by atoms with Gasteiger partial charge in [-0.2, -0.15) is 0 Å². The van der Waals surface area contributed by atoms with Gasteiger partial charge in [0.05, 0.1) is 22.4 Å². The van der Waals surface area contributed by atoms with Crippen molar-refractivity contribution in [2.45, 2.75) is 13.5 Å². The molecule has 3 aromatic rings. The minimum absolute atomic E-state index is 0.268. The molecule has 0 amide bonds. The average molecular weight is 340 g/mol. The topological polar surface area (TPSA) is 29.3 Å². The summed E-state index contributed by atoms with van der Waals surface area (Å²) in [6.07, 6.45) is 2.00. The summed E-state index contributed by atoms with van der Waals surface area (Å²) in [6.45, 7) is 2.60. The Hall–Kier alpha value is -1.40. The smallest absolute Gasteiger partial charge is 0.194 e. The Morgan fingerprint density at radius 2 is 2.32 bits per heavy atom. The Kier molecular flexibility index (Phi) is 3.28. The van der Waals surface area contributed by atoms with Crippen molar-refractivity contribution in [3.8, 4) is 0 Å². The van der Waals surface area contributed by atoms with Crippen LogP contribution in [0.5, 0.6) is 0 Å². The fraction of sp³-hybridized carbons (Fsp3) is 0.154. The number of hydrogen-bond donors (Lipinski definition) is 1. The van der Waals surface area contributed by atoms with Crippen LogP contribution in [-0.4, -0.2) is 9.38 Å². The van der Waals surface area contributed by atoms with E-state index in [-0.39, 0.29) is 5.82 Å². The second kappa shape index (κ2) is 4.94. The molecule has 1 N–H and O–H groups in total. The first-order chi connectivity index (χ1) is 9.15. The van der Waals surface area contributed by atoms with Gasteiger partial charge in [0.25, 0.3) is 0 Å². The first kappa shape index (κ1) is 12.6. The molecule has 0 bridgehead atoms. The SMILES string of the molecule is Cc1nc2sccn2c1CNc1ccc(Br)c(F)c1. The standard InChI is InChI=1S/C13H11BrFN3S/c1-8-12(18-4-5-19-13(18)17-8)7-16-9-2-3-10(14)11(15)6-9/h2-6,16H,7H2,1H3. The van der Waals surface area contributed by atoms with Crippen molar-refractivity contribution >= 4 is 37.9 Å². The Bertz CT molecular complexity index is 735. The fourth-order valence-electron chi connectivity index (χ4n) is 1.95. The fourth-order valence-corrected chi connectivity index (χ4v) is 2.97. The number of rotatable bonds is 3. The molecule has 6 heteroatoms. The van der Waals surface area contributed by atoms with Gasteiger partial charge in [-0.05, 0) is 41.1 Å². The number of nitrogens with zero attached hydrogens (tertiary/aromatic N) is 2. The van der Waals surface area contributed by atoms with Crippen LogP contribution in [-0.2, 0) is 6.54 Å². The summed E-state index contributed by atoms with van der Waals surface area (Å²) in [5.41, 5.74) is 2.85. The number of fused-ring (bicyclic) bond motifs is 1. The molecular formula is C13H11BrFN3S. The molecule has 0 aliphatic heterocycles. The minimum atomic E-state index is -0.268. The molecule has 0 saturated heterocycles. The maximum absolute atomic E-state index is 13.4. The van der Waals surface area contributed by atoms with Crippen LogP contribution in [0.15, 0.2) is 34.2 Å². The Balaban J connectivity index is 1.83. The number of thiazole rings is 1. The van der Waals surface area contributed by atoms with Gasteiger partial charge in [-0.25, -0.2) is 9.37 Å². The number of nitrogens with one attached hydrogen (secondary N) is 1. The molecule has 19 heavy (non-hydrogen) atoms. The largest absolute Gasteiger partial charge is 0.379 e. The van der Waals surface area contributed by atoms with Gasteiger partial charge in [0.1, 0.15) is 5.82 Å². The highest BCUT2D eigenvalue weighted by atomic mass is 79.9. The monoisotopic (exact) mass is 339 g/mol. The molecule has 2 aromatic heterocycles.